The van der Waals surface area contributed by atoms with E-state index in [0.29, 0.717) is 11.5 Å². The third kappa shape index (κ3) is 7.57. The Kier molecular flexibility index (Phi) is 10.6. The monoisotopic (exact) mass is 703 g/mol. The lowest BCUT2D eigenvalue weighted by Gasteiger charge is -2.28. The van der Waals surface area contributed by atoms with Gasteiger partial charge in [0.25, 0.3) is 0 Å². The Labute approximate surface area is 278 Å². The largest absolute Gasteiger partial charge is 0.507 e. The maximum Gasteiger partial charge on any atom is 0.339 e. The van der Waals surface area contributed by atoms with Crippen LogP contribution in [0.3, 0.4) is 0 Å². The van der Waals surface area contributed by atoms with E-state index in [1.54, 1.807) is 12.1 Å². The zero-order valence-corrected chi connectivity index (χ0v) is 26.6. The summed E-state index contributed by atoms with van der Waals surface area (Å²) in [7, 11) is -5.61. The molecule has 0 unspecified atom stereocenters. The van der Waals surface area contributed by atoms with Gasteiger partial charge in [0, 0.05) is 30.7 Å². The van der Waals surface area contributed by atoms with Crippen LogP contribution in [0.25, 0.3) is 0 Å². The molecule has 2 N–H and O–H groups in total. The molecular formula is C34H30F5N3O6S. The molecule has 0 atom stereocenters. The van der Waals surface area contributed by atoms with Crippen molar-refractivity contribution in [1.29, 1.82) is 0 Å². The van der Waals surface area contributed by atoms with Crippen LogP contribution in [-0.2, 0) is 27.9 Å². The zero-order valence-electron chi connectivity index (χ0n) is 25.8. The van der Waals surface area contributed by atoms with E-state index in [4.69, 9.17) is 0 Å². The zero-order chi connectivity index (χ0) is 35.5. The molecule has 1 amide bonds. The lowest BCUT2D eigenvalue weighted by atomic mass is 9.84. The molecule has 1 heterocycles. The van der Waals surface area contributed by atoms with Crippen molar-refractivity contribution >= 4 is 27.6 Å². The molecule has 1 fully saturated rings. The minimum absolute atomic E-state index is 0.0682. The summed E-state index contributed by atoms with van der Waals surface area (Å²) >= 11 is 0. The van der Waals surface area contributed by atoms with Gasteiger partial charge in [-0.2, -0.15) is 4.31 Å². The van der Waals surface area contributed by atoms with Gasteiger partial charge in [0.05, 0.1) is 13.1 Å². The van der Waals surface area contributed by atoms with Crippen LogP contribution in [0.15, 0.2) is 71.9 Å². The molecule has 0 saturated heterocycles. The van der Waals surface area contributed by atoms with Crippen molar-refractivity contribution < 1.29 is 50.2 Å². The highest BCUT2D eigenvalue weighted by molar-refractivity contribution is 7.89. The van der Waals surface area contributed by atoms with Crippen LogP contribution in [0.4, 0.5) is 27.6 Å². The smallest absolute Gasteiger partial charge is 0.339 e. The predicted molar refractivity (Wildman–Crippen MR) is 167 cm³/mol. The van der Waals surface area contributed by atoms with Crippen LogP contribution in [0.5, 0.6) is 5.75 Å². The first kappa shape index (κ1) is 35.4. The van der Waals surface area contributed by atoms with E-state index in [0.717, 1.165) is 54.7 Å². The number of nitrogens with zero attached hydrogens (tertiary/aromatic N) is 3. The second kappa shape index (κ2) is 14.7. The van der Waals surface area contributed by atoms with E-state index in [2.05, 4.69) is 4.98 Å². The fourth-order valence-electron chi connectivity index (χ4n) is 5.80. The van der Waals surface area contributed by atoms with E-state index < -0.39 is 80.3 Å². The van der Waals surface area contributed by atoms with E-state index in [-0.39, 0.29) is 22.1 Å². The van der Waals surface area contributed by atoms with Crippen molar-refractivity contribution in [2.24, 2.45) is 0 Å². The quantitative estimate of drug-likeness (QED) is 0.102. The van der Waals surface area contributed by atoms with Gasteiger partial charge in [-0.25, -0.2) is 35.2 Å². The molecule has 4 aromatic rings. The van der Waals surface area contributed by atoms with E-state index >= 15 is 0 Å². The number of carboxylic acids is 1. The number of hydrogen-bond donors (Lipinski definition) is 2. The number of carbonyl (C=O) groups excluding carboxylic acids is 1. The lowest BCUT2D eigenvalue weighted by Crippen LogP contribution is -2.43. The molecular weight excluding hydrogens is 673 g/mol. The highest BCUT2D eigenvalue weighted by Crippen LogP contribution is 2.34. The van der Waals surface area contributed by atoms with Crippen molar-refractivity contribution in [1.82, 2.24) is 9.29 Å². The van der Waals surface area contributed by atoms with Gasteiger partial charge in [0.2, 0.25) is 21.7 Å². The minimum Gasteiger partial charge on any atom is -0.507 e. The van der Waals surface area contributed by atoms with Gasteiger partial charge in [0.15, 0.2) is 28.2 Å². The number of phenols is 1. The number of sulfonamides is 1. The number of rotatable bonds is 11. The number of halogens is 5. The predicted octanol–water partition coefficient (Wildman–Crippen LogP) is 6.65. The van der Waals surface area contributed by atoms with Crippen LogP contribution < -0.4 is 4.90 Å². The Morgan fingerprint density at radius 2 is 1.35 bits per heavy atom. The molecule has 0 radical (unpaired) electrons. The second-order valence-corrected chi connectivity index (χ2v) is 13.5. The van der Waals surface area contributed by atoms with Gasteiger partial charge in [-0.15, -0.1) is 0 Å². The molecule has 1 saturated carbocycles. The van der Waals surface area contributed by atoms with Gasteiger partial charge in [-0.1, -0.05) is 43.5 Å². The third-order valence-corrected chi connectivity index (χ3v) is 10.2. The van der Waals surface area contributed by atoms with E-state index in [1.165, 1.54) is 30.6 Å². The van der Waals surface area contributed by atoms with Gasteiger partial charge in [-0.05, 0) is 59.7 Å². The molecule has 0 aliphatic heterocycles. The van der Waals surface area contributed by atoms with Crippen LogP contribution in [-0.4, -0.2) is 46.3 Å². The van der Waals surface area contributed by atoms with Crippen molar-refractivity contribution in [2.75, 3.05) is 11.4 Å². The number of carbonyl (C=O) groups is 2. The summed E-state index contributed by atoms with van der Waals surface area (Å²) in [6.45, 7) is -2.16. The molecule has 0 spiro atoms. The molecule has 0 bridgehead atoms. The topological polar surface area (TPSA) is 128 Å². The van der Waals surface area contributed by atoms with Gasteiger partial charge in [0.1, 0.15) is 11.3 Å². The third-order valence-electron chi connectivity index (χ3n) is 8.41. The molecule has 1 aliphatic carbocycles. The molecule has 3 aromatic carbocycles. The van der Waals surface area contributed by atoms with Crippen LogP contribution in [0.2, 0.25) is 0 Å². The summed E-state index contributed by atoms with van der Waals surface area (Å²) in [6.07, 6.45) is 7.96. The normalized spacial score (nSPS) is 13.8. The lowest BCUT2D eigenvalue weighted by molar-refractivity contribution is -0.119. The van der Waals surface area contributed by atoms with E-state index in [9.17, 15) is 50.2 Å². The highest BCUT2D eigenvalue weighted by atomic mass is 32.2. The molecule has 49 heavy (non-hydrogen) atoms. The van der Waals surface area contributed by atoms with Gasteiger partial charge in [-0.3, -0.25) is 9.78 Å². The Morgan fingerprint density at radius 3 is 1.92 bits per heavy atom. The number of aromatic hydroxyl groups is 1. The van der Waals surface area contributed by atoms with Gasteiger partial charge >= 0.3 is 5.97 Å². The first-order valence-electron chi connectivity index (χ1n) is 15.2. The number of aromatic carboxylic acids is 1. The summed E-state index contributed by atoms with van der Waals surface area (Å²) in [5.74, 6) is -15.6. The number of benzene rings is 3. The summed E-state index contributed by atoms with van der Waals surface area (Å²) in [4.78, 5) is 28.2. The molecule has 1 aliphatic rings. The van der Waals surface area contributed by atoms with Crippen molar-refractivity contribution in [3.8, 4) is 5.75 Å². The summed E-state index contributed by atoms with van der Waals surface area (Å²) in [6, 6.07) is 13.2. The number of aromatic nitrogens is 1. The first-order chi connectivity index (χ1) is 23.3. The molecule has 1 aromatic heterocycles. The molecule has 5 rings (SSSR count). The average Bonchev–Trinajstić information content (AvgIpc) is 3.09. The van der Waals surface area contributed by atoms with Crippen LogP contribution in [0.1, 0.15) is 65.1 Å². The standard InChI is InChI=1S/C34H30F5N3O6S/c35-28-29(36)31(38)33(32(39)30(28)37)49(47,48)41(17-21-12-14-40-15-13-21)19-27(44)42(24-10-11-25(34(45)46)26(43)16-24)18-20-6-8-23(9-7-20)22-4-2-1-3-5-22/h6-16,22,43H,1-5,17-19H2,(H,45,46). The van der Waals surface area contributed by atoms with Gasteiger partial charge < -0.3 is 15.1 Å². The minimum atomic E-state index is -5.61. The SMILES string of the molecule is O=C(O)c1ccc(N(Cc2ccc(C3CCCCC3)cc2)C(=O)CN(Cc2ccncc2)S(=O)(=O)c2c(F)c(F)c(F)c(F)c2F)cc1O. The van der Waals surface area contributed by atoms with Crippen molar-refractivity contribution in [2.45, 2.75) is 56.0 Å². The number of amides is 1. The summed E-state index contributed by atoms with van der Waals surface area (Å²) < 4.78 is 99.5. The van der Waals surface area contributed by atoms with Crippen molar-refractivity contribution in [3.63, 3.8) is 0 Å². The Morgan fingerprint density at radius 1 is 0.776 bits per heavy atom. The number of carboxylic acid groups (broad SMARTS) is 1. The number of anilines is 1. The first-order valence-corrected chi connectivity index (χ1v) is 16.6. The van der Waals surface area contributed by atoms with Crippen LogP contribution >= 0.6 is 0 Å². The fourth-order valence-corrected chi connectivity index (χ4v) is 7.29. The Bertz CT molecular complexity index is 1950. The maximum atomic E-state index is 14.9. The molecule has 9 nitrogen and oxygen atoms in total. The maximum absolute atomic E-state index is 14.9. The van der Waals surface area contributed by atoms with Crippen LogP contribution in [0, 0.1) is 29.1 Å². The summed E-state index contributed by atoms with van der Waals surface area (Å²) in [5, 5.41) is 19.8. The fraction of sp³-hybridized carbons (Fsp3) is 0.265. The Balaban J connectivity index is 1.55. The summed E-state index contributed by atoms with van der Waals surface area (Å²) in [5.41, 5.74) is 1.26. The van der Waals surface area contributed by atoms with E-state index in [1.807, 2.05) is 12.1 Å². The number of hydrogen-bond acceptors (Lipinski definition) is 6. The van der Waals surface area contributed by atoms with Crippen molar-refractivity contribution in [3.05, 3.63) is 118 Å². The molecule has 258 valence electrons. The highest BCUT2D eigenvalue weighted by Gasteiger charge is 2.39. The Hall–Kier alpha value is -4.89. The number of pyridine rings is 1. The average molecular weight is 704 g/mol. The second-order valence-electron chi connectivity index (χ2n) is 11.6. The molecule has 15 heteroatoms.